The second kappa shape index (κ2) is 5.80. The molecule has 15 heavy (non-hydrogen) atoms. The van der Waals surface area contributed by atoms with Crippen LogP contribution in [0.2, 0.25) is 0 Å². The van der Waals surface area contributed by atoms with E-state index in [0.29, 0.717) is 12.0 Å². The number of tetrazole rings is 1. The van der Waals surface area contributed by atoms with E-state index in [2.05, 4.69) is 34.6 Å². The standard InChI is InChI=1S/C10H21N5/c1-5-6-8(2)9(11-3)7-10-12-14-15(4)13-10/h8-9,11H,5-7H2,1-4H3. The Morgan fingerprint density at radius 1 is 1.47 bits per heavy atom. The fraction of sp³-hybridized carbons (Fsp3) is 0.900. The van der Waals surface area contributed by atoms with Gasteiger partial charge in [0.05, 0.1) is 7.05 Å². The maximum atomic E-state index is 4.20. The Kier molecular flexibility index (Phi) is 4.68. The molecule has 0 spiro atoms. The smallest absolute Gasteiger partial charge is 0.176 e. The van der Waals surface area contributed by atoms with Gasteiger partial charge in [0.25, 0.3) is 0 Å². The van der Waals surface area contributed by atoms with Gasteiger partial charge in [0, 0.05) is 12.5 Å². The summed E-state index contributed by atoms with van der Waals surface area (Å²) in [7, 11) is 3.79. The average Bonchev–Trinajstić information content (AvgIpc) is 2.61. The fourth-order valence-corrected chi connectivity index (χ4v) is 1.85. The minimum atomic E-state index is 0.439. The molecule has 0 radical (unpaired) electrons. The summed E-state index contributed by atoms with van der Waals surface area (Å²) in [5.41, 5.74) is 0. The van der Waals surface area contributed by atoms with Crippen LogP contribution < -0.4 is 5.32 Å². The van der Waals surface area contributed by atoms with E-state index in [1.807, 2.05) is 7.05 Å². The predicted molar refractivity (Wildman–Crippen MR) is 59.4 cm³/mol. The minimum Gasteiger partial charge on any atom is -0.316 e. The van der Waals surface area contributed by atoms with Crippen molar-refractivity contribution < 1.29 is 0 Å². The molecular weight excluding hydrogens is 190 g/mol. The molecule has 1 aromatic rings. The van der Waals surface area contributed by atoms with Crippen molar-refractivity contribution >= 4 is 0 Å². The third kappa shape index (κ3) is 3.58. The molecule has 0 aromatic carbocycles. The molecule has 0 fully saturated rings. The Hall–Kier alpha value is -0.970. The highest BCUT2D eigenvalue weighted by Crippen LogP contribution is 2.13. The second-order valence-corrected chi connectivity index (χ2v) is 4.06. The summed E-state index contributed by atoms with van der Waals surface area (Å²) in [6.07, 6.45) is 3.30. The van der Waals surface area contributed by atoms with Crippen LogP contribution in [0.3, 0.4) is 0 Å². The number of hydrogen-bond donors (Lipinski definition) is 1. The quantitative estimate of drug-likeness (QED) is 0.755. The molecule has 1 rings (SSSR count). The van der Waals surface area contributed by atoms with Crippen LogP contribution in [-0.4, -0.2) is 33.3 Å². The Balaban J connectivity index is 2.53. The topological polar surface area (TPSA) is 55.6 Å². The maximum Gasteiger partial charge on any atom is 0.176 e. The summed E-state index contributed by atoms with van der Waals surface area (Å²) in [4.78, 5) is 1.51. The zero-order valence-corrected chi connectivity index (χ0v) is 10.1. The molecule has 5 heteroatoms. The SMILES string of the molecule is CCCC(C)C(Cc1nnn(C)n1)NC. The lowest BCUT2D eigenvalue weighted by molar-refractivity contribution is 0.366. The van der Waals surface area contributed by atoms with Crippen LogP contribution in [0.15, 0.2) is 0 Å². The van der Waals surface area contributed by atoms with Gasteiger partial charge in [0.2, 0.25) is 0 Å². The van der Waals surface area contributed by atoms with Crippen molar-refractivity contribution in [3.8, 4) is 0 Å². The third-order valence-electron chi connectivity index (χ3n) is 2.75. The number of rotatable bonds is 6. The molecule has 0 bridgehead atoms. The molecule has 86 valence electrons. The van der Waals surface area contributed by atoms with Gasteiger partial charge in [-0.05, 0) is 24.6 Å². The van der Waals surface area contributed by atoms with E-state index in [9.17, 15) is 0 Å². The van der Waals surface area contributed by atoms with E-state index in [-0.39, 0.29) is 0 Å². The fourth-order valence-electron chi connectivity index (χ4n) is 1.85. The van der Waals surface area contributed by atoms with E-state index in [0.717, 1.165) is 12.2 Å². The predicted octanol–water partition coefficient (Wildman–Crippen LogP) is 0.777. The Morgan fingerprint density at radius 2 is 2.20 bits per heavy atom. The van der Waals surface area contributed by atoms with E-state index in [4.69, 9.17) is 0 Å². The van der Waals surface area contributed by atoms with E-state index in [1.54, 1.807) is 7.05 Å². The van der Waals surface area contributed by atoms with Crippen LogP contribution in [0.25, 0.3) is 0 Å². The van der Waals surface area contributed by atoms with Crippen LogP contribution in [0.4, 0.5) is 0 Å². The summed E-state index contributed by atoms with van der Waals surface area (Å²) in [6, 6.07) is 0.439. The van der Waals surface area contributed by atoms with Crippen LogP contribution in [-0.2, 0) is 13.5 Å². The van der Waals surface area contributed by atoms with Crippen molar-refractivity contribution in [2.75, 3.05) is 7.05 Å². The molecule has 0 amide bonds. The van der Waals surface area contributed by atoms with Gasteiger partial charge < -0.3 is 5.32 Å². The van der Waals surface area contributed by atoms with Crippen molar-refractivity contribution in [1.29, 1.82) is 0 Å². The summed E-state index contributed by atoms with van der Waals surface area (Å²) < 4.78 is 0. The first-order valence-corrected chi connectivity index (χ1v) is 5.57. The minimum absolute atomic E-state index is 0.439. The summed E-state index contributed by atoms with van der Waals surface area (Å²) in [6.45, 7) is 4.48. The van der Waals surface area contributed by atoms with Gasteiger partial charge in [-0.3, -0.25) is 0 Å². The molecule has 0 saturated carbocycles. The van der Waals surface area contributed by atoms with Crippen molar-refractivity contribution in [2.24, 2.45) is 13.0 Å². The number of aryl methyl sites for hydroxylation is 1. The van der Waals surface area contributed by atoms with Crippen LogP contribution in [0.1, 0.15) is 32.5 Å². The molecule has 2 atom stereocenters. The summed E-state index contributed by atoms with van der Waals surface area (Å²) in [5.74, 6) is 1.46. The Morgan fingerprint density at radius 3 is 2.67 bits per heavy atom. The normalized spacial score (nSPS) is 15.2. The van der Waals surface area contributed by atoms with Crippen molar-refractivity contribution in [3.05, 3.63) is 5.82 Å². The highest BCUT2D eigenvalue weighted by Gasteiger charge is 2.17. The summed E-state index contributed by atoms with van der Waals surface area (Å²) in [5, 5.41) is 15.4. The van der Waals surface area contributed by atoms with E-state index in [1.165, 1.54) is 17.6 Å². The van der Waals surface area contributed by atoms with Crippen LogP contribution in [0.5, 0.6) is 0 Å². The monoisotopic (exact) mass is 211 g/mol. The highest BCUT2D eigenvalue weighted by atomic mass is 15.6. The summed E-state index contributed by atoms with van der Waals surface area (Å²) >= 11 is 0. The van der Waals surface area contributed by atoms with Crippen molar-refractivity contribution in [2.45, 2.75) is 39.2 Å². The molecule has 0 aliphatic rings. The van der Waals surface area contributed by atoms with Crippen molar-refractivity contribution in [1.82, 2.24) is 25.5 Å². The largest absolute Gasteiger partial charge is 0.316 e. The lowest BCUT2D eigenvalue weighted by Gasteiger charge is -2.21. The van der Waals surface area contributed by atoms with Gasteiger partial charge in [0.15, 0.2) is 5.82 Å². The molecule has 1 aromatic heterocycles. The maximum absolute atomic E-state index is 4.20. The number of nitrogens with zero attached hydrogens (tertiary/aromatic N) is 4. The average molecular weight is 211 g/mol. The van der Waals surface area contributed by atoms with E-state index >= 15 is 0 Å². The lowest BCUT2D eigenvalue weighted by Crippen LogP contribution is -2.34. The second-order valence-electron chi connectivity index (χ2n) is 4.06. The zero-order chi connectivity index (χ0) is 11.3. The Labute approximate surface area is 91.2 Å². The number of nitrogens with one attached hydrogen (secondary N) is 1. The molecule has 1 N–H and O–H groups in total. The van der Waals surface area contributed by atoms with Gasteiger partial charge in [-0.15, -0.1) is 10.2 Å². The molecule has 0 aliphatic carbocycles. The first-order chi connectivity index (χ1) is 7.17. The first kappa shape index (κ1) is 12.1. The lowest BCUT2D eigenvalue weighted by atomic mass is 9.94. The molecule has 0 aliphatic heterocycles. The van der Waals surface area contributed by atoms with Gasteiger partial charge in [-0.1, -0.05) is 20.3 Å². The third-order valence-corrected chi connectivity index (χ3v) is 2.75. The number of hydrogen-bond acceptors (Lipinski definition) is 4. The van der Waals surface area contributed by atoms with E-state index < -0.39 is 0 Å². The van der Waals surface area contributed by atoms with Gasteiger partial charge in [-0.2, -0.15) is 4.80 Å². The van der Waals surface area contributed by atoms with Crippen molar-refractivity contribution in [3.63, 3.8) is 0 Å². The molecular formula is C10H21N5. The zero-order valence-electron chi connectivity index (χ0n) is 10.1. The molecule has 1 heterocycles. The van der Waals surface area contributed by atoms with Gasteiger partial charge in [-0.25, -0.2) is 0 Å². The number of aromatic nitrogens is 4. The van der Waals surface area contributed by atoms with Crippen LogP contribution in [0, 0.1) is 5.92 Å². The van der Waals surface area contributed by atoms with Gasteiger partial charge >= 0.3 is 0 Å². The molecule has 0 saturated heterocycles. The van der Waals surface area contributed by atoms with Gasteiger partial charge in [0.1, 0.15) is 0 Å². The van der Waals surface area contributed by atoms with Crippen LogP contribution >= 0.6 is 0 Å². The first-order valence-electron chi connectivity index (χ1n) is 5.57. The number of likely N-dealkylation sites (N-methyl/N-ethyl adjacent to an activating group) is 1. The Bertz CT molecular complexity index is 283. The highest BCUT2D eigenvalue weighted by molar-refractivity contribution is 4.86. The molecule has 5 nitrogen and oxygen atoms in total. The molecule has 2 unspecified atom stereocenters.